The number of unbranched alkanes of at least 4 members (excludes halogenated alkanes) is 7. The summed E-state index contributed by atoms with van der Waals surface area (Å²) < 4.78 is 0. The van der Waals surface area contributed by atoms with Crippen LogP contribution in [0.3, 0.4) is 0 Å². The molecule has 168 valence electrons. The van der Waals surface area contributed by atoms with Crippen LogP contribution in [0, 0.1) is 6.92 Å². The zero-order valence-electron chi connectivity index (χ0n) is 19.8. The highest BCUT2D eigenvalue weighted by Gasteiger charge is 2.28. The van der Waals surface area contributed by atoms with Gasteiger partial charge >= 0.3 is 0 Å². The van der Waals surface area contributed by atoms with Crippen LogP contribution in [0.15, 0.2) is 12.3 Å². The molecule has 4 heteroatoms. The standard InChI is InChI=1S/C13H28O.C12H17NO2/c1-3-5-6-7-8-9-10-11-12-13(14)4-2;1-5-9-10(8(2)6-7-13-9)11(14)12(3,4)15/h13-14H,3-12H2,1-2H3;6-7,15H,5H2,1-4H3. The lowest BCUT2D eigenvalue weighted by atomic mass is 9.92. The van der Waals surface area contributed by atoms with Crippen molar-refractivity contribution in [3.05, 3.63) is 29.1 Å². The Morgan fingerprint density at radius 2 is 1.59 bits per heavy atom. The largest absolute Gasteiger partial charge is 0.393 e. The van der Waals surface area contributed by atoms with Crippen LogP contribution in [-0.4, -0.2) is 32.7 Å². The van der Waals surface area contributed by atoms with E-state index in [1.54, 1.807) is 12.3 Å². The Hall–Kier alpha value is -1.26. The lowest BCUT2D eigenvalue weighted by molar-refractivity contribution is 0.0485. The Morgan fingerprint density at radius 3 is 2.07 bits per heavy atom. The molecule has 0 radical (unpaired) electrons. The van der Waals surface area contributed by atoms with Gasteiger partial charge in [0.25, 0.3) is 0 Å². The van der Waals surface area contributed by atoms with Gasteiger partial charge in [-0.15, -0.1) is 0 Å². The number of ketones is 1. The number of rotatable bonds is 13. The van der Waals surface area contributed by atoms with Crippen molar-refractivity contribution in [3.8, 4) is 0 Å². The summed E-state index contributed by atoms with van der Waals surface area (Å²) in [6.07, 6.45) is 15.1. The molecule has 0 aliphatic rings. The van der Waals surface area contributed by atoms with Crippen molar-refractivity contribution in [2.45, 2.75) is 124 Å². The molecule has 0 amide bonds. The van der Waals surface area contributed by atoms with Crippen LogP contribution in [-0.2, 0) is 6.42 Å². The fraction of sp³-hybridized carbons (Fsp3) is 0.760. The third-order valence-electron chi connectivity index (χ3n) is 5.22. The van der Waals surface area contributed by atoms with Crippen LogP contribution >= 0.6 is 0 Å². The average Bonchev–Trinajstić information content (AvgIpc) is 2.68. The number of Topliss-reactive ketones (excluding diaryl/α,β-unsaturated/α-hetero) is 1. The lowest BCUT2D eigenvalue weighted by Gasteiger charge is -2.18. The van der Waals surface area contributed by atoms with Gasteiger partial charge < -0.3 is 10.2 Å². The predicted molar refractivity (Wildman–Crippen MR) is 123 cm³/mol. The van der Waals surface area contributed by atoms with Gasteiger partial charge in [-0.2, -0.15) is 0 Å². The van der Waals surface area contributed by atoms with E-state index in [1.165, 1.54) is 65.2 Å². The van der Waals surface area contributed by atoms with Crippen LogP contribution in [0.2, 0.25) is 0 Å². The number of carbonyl (C=O) groups excluding carboxylic acids is 1. The number of pyridine rings is 1. The van der Waals surface area contributed by atoms with E-state index in [1.807, 2.05) is 13.8 Å². The highest BCUT2D eigenvalue weighted by atomic mass is 16.3. The molecule has 1 rings (SSSR count). The summed E-state index contributed by atoms with van der Waals surface area (Å²) in [6.45, 7) is 11.1. The van der Waals surface area contributed by atoms with Crippen LogP contribution < -0.4 is 0 Å². The topological polar surface area (TPSA) is 70.4 Å². The quantitative estimate of drug-likeness (QED) is 0.302. The van der Waals surface area contributed by atoms with Crippen molar-refractivity contribution in [1.82, 2.24) is 4.98 Å². The van der Waals surface area contributed by atoms with E-state index in [4.69, 9.17) is 0 Å². The number of aromatic nitrogens is 1. The summed E-state index contributed by atoms with van der Waals surface area (Å²) >= 11 is 0. The van der Waals surface area contributed by atoms with Gasteiger partial charge in [-0.3, -0.25) is 9.78 Å². The number of aryl methyl sites for hydroxylation is 2. The van der Waals surface area contributed by atoms with Gasteiger partial charge in [0, 0.05) is 11.8 Å². The molecule has 1 unspecified atom stereocenters. The first kappa shape index (κ1) is 27.7. The Labute approximate surface area is 179 Å². The van der Waals surface area contributed by atoms with Crippen molar-refractivity contribution in [2.75, 3.05) is 0 Å². The Kier molecular flexibility index (Phi) is 14.9. The summed E-state index contributed by atoms with van der Waals surface area (Å²) in [5.41, 5.74) is 0.848. The minimum atomic E-state index is -1.34. The number of aliphatic hydroxyl groups is 2. The first-order valence-corrected chi connectivity index (χ1v) is 11.6. The highest BCUT2D eigenvalue weighted by molar-refractivity contribution is 6.03. The van der Waals surface area contributed by atoms with Gasteiger partial charge in [-0.25, -0.2) is 0 Å². The van der Waals surface area contributed by atoms with E-state index in [-0.39, 0.29) is 11.9 Å². The molecule has 1 aromatic heterocycles. The van der Waals surface area contributed by atoms with E-state index in [9.17, 15) is 15.0 Å². The van der Waals surface area contributed by atoms with Crippen molar-refractivity contribution < 1.29 is 15.0 Å². The van der Waals surface area contributed by atoms with Crippen LogP contribution in [0.25, 0.3) is 0 Å². The van der Waals surface area contributed by atoms with Crippen molar-refractivity contribution >= 4 is 5.78 Å². The van der Waals surface area contributed by atoms with Gasteiger partial charge in [0.1, 0.15) is 5.60 Å². The van der Waals surface area contributed by atoms with Crippen LogP contribution in [0.5, 0.6) is 0 Å². The zero-order chi connectivity index (χ0) is 22.3. The van der Waals surface area contributed by atoms with E-state index >= 15 is 0 Å². The molecule has 0 saturated carbocycles. The second-order valence-corrected chi connectivity index (χ2v) is 8.52. The van der Waals surface area contributed by atoms with E-state index in [2.05, 4.69) is 18.8 Å². The van der Waals surface area contributed by atoms with E-state index in [0.29, 0.717) is 12.0 Å². The molecule has 1 atom stereocenters. The molecular weight excluding hydrogens is 362 g/mol. The molecule has 0 saturated heterocycles. The molecule has 0 spiro atoms. The monoisotopic (exact) mass is 407 g/mol. The molecule has 29 heavy (non-hydrogen) atoms. The molecule has 0 fully saturated rings. The molecule has 4 nitrogen and oxygen atoms in total. The lowest BCUT2D eigenvalue weighted by Crippen LogP contribution is -2.32. The first-order valence-electron chi connectivity index (χ1n) is 11.6. The normalized spacial score (nSPS) is 12.3. The summed E-state index contributed by atoms with van der Waals surface area (Å²) in [5, 5.41) is 19.0. The fourth-order valence-corrected chi connectivity index (χ4v) is 3.22. The minimum Gasteiger partial charge on any atom is -0.393 e. The fourth-order valence-electron chi connectivity index (χ4n) is 3.22. The molecule has 0 aliphatic heterocycles. The number of carbonyl (C=O) groups is 1. The second kappa shape index (κ2) is 15.6. The Morgan fingerprint density at radius 1 is 1.03 bits per heavy atom. The van der Waals surface area contributed by atoms with Crippen LogP contribution in [0.4, 0.5) is 0 Å². The number of nitrogens with zero attached hydrogens (tertiary/aromatic N) is 1. The van der Waals surface area contributed by atoms with Crippen molar-refractivity contribution in [3.63, 3.8) is 0 Å². The average molecular weight is 408 g/mol. The SMILES string of the molecule is CCCCCCCCCCC(O)CC.CCc1nccc(C)c1C(=O)C(C)(C)O. The van der Waals surface area contributed by atoms with Gasteiger partial charge in [-0.05, 0) is 51.7 Å². The first-order chi connectivity index (χ1) is 13.7. The molecule has 0 aliphatic carbocycles. The van der Waals surface area contributed by atoms with Gasteiger partial charge in [0.2, 0.25) is 0 Å². The van der Waals surface area contributed by atoms with E-state index in [0.717, 1.165) is 24.1 Å². The van der Waals surface area contributed by atoms with Gasteiger partial charge in [0.15, 0.2) is 5.78 Å². The van der Waals surface area contributed by atoms with Crippen molar-refractivity contribution in [1.29, 1.82) is 0 Å². The molecule has 0 aromatic carbocycles. The van der Waals surface area contributed by atoms with Crippen LogP contribution in [0.1, 0.15) is 120 Å². The smallest absolute Gasteiger partial charge is 0.195 e. The van der Waals surface area contributed by atoms with Gasteiger partial charge in [-0.1, -0.05) is 72.1 Å². The summed E-state index contributed by atoms with van der Waals surface area (Å²) in [7, 11) is 0. The third kappa shape index (κ3) is 12.1. The molecule has 2 N–H and O–H groups in total. The maximum Gasteiger partial charge on any atom is 0.195 e. The van der Waals surface area contributed by atoms with E-state index < -0.39 is 5.60 Å². The summed E-state index contributed by atoms with van der Waals surface area (Å²) in [5.74, 6) is -0.259. The maximum atomic E-state index is 12.0. The minimum absolute atomic E-state index is 0.0462. The second-order valence-electron chi connectivity index (χ2n) is 8.52. The molecule has 0 bridgehead atoms. The third-order valence-corrected chi connectivity index (χ3v) is 5.22. The number of hydrogen-bond donors (Lipinski definition) is 2. The Bertz CT molecular complexity index is 564. The highest BCUT2D eigenvalue weighted by Crippen LogP contribution is 2.19. The number of aliphatic hydroxyl groups excluding tert-OH is 1. The number of hydrogen-bond acceptors (Lipinski definition) is 4. The maximum absolute atomic E-state index is 12.0. The summed E-state index contributed by atoms with van der Waals surface area (Å²) in [4.78, 5) is 16.1. The Balaban J connectivity index is 0.000000543. The molecular formula is C25H45NO3. The van der Waals surface area contributed by atoms with Crippen molar-refractivity contribution in [2.24, 2.45) is 0 Å². The zero-order valence-corrected chi connectivity index (χ0v) is 19.8. The predicted octanol–water partition coefficient (Wildman–Crippen LogP) is 6.19. The van der Waals surface area contributed by atoms with Gasteiger partial charge in [0.05, 0.1) is 11.8 Å². The molecule has 1 heterocycles. The molecule has 1 aromatic rings. The summed E-state index contributed by atoms with van der Waals surface area (Å²) in [6, 6.07) is 1.79.